The van der Waals surface area contributed by atoms with E-state index in [0.29, 0.717) is 17.5 Å². The molecule has 14 aromatic rings. The van der Waals surface area contributed by atoms with Gasteiger partial charge in [-0.05, 0) is 95.7 Å². The van der Waals surface area contributed by atoms with Crippen molar-refractivity contribution in [1.29, 1.82) is 0 Å². The van der Waals surface area contributed by atoms with Crippen LogP contribution in [0.1, 0.15) is 0 Å². The van der Waals surface area contributed by atoms with E-state index in [1.807, 2.05) is 72.8 Å². The highest BCUT2D eigenvalue weighted by Crippen LogP contribution is 2.44. The maximum atomic E-state index is 6.93. The topological polar surface area (TPSA) is 83.0 Å². The van der Waals surface area contributed by atoms with Crippen molar-refractivity contribution in [1.82, 2.24) is 19.5 Å². The number of hydrogen-bond acceptors (Lipinski definition) is 6. The highest BCUT2D eigenvalue weighted by molar-refractivity contribution is 6.17. The van der Waals surface area contributed by atoms with Crippen LogP contribution in [-0.2, 0) is 0 Å². The second-order valence-corrected chi connectivity index (χ2v) is 15.9. The molecule has 0 fully saturated rings. The smallest absolute Gasteiger partial charge is 0.166 e. The summed E-state index contributed by atoms with van der Waals surface area (Å²) in [4.78, 5) is 16.0. The summed E-state index contributed by atoms with van der Waals surface area (Å²) in [7, 11) is 0. The second-order valence-electron chi connectivity index (χ2n) is 15.9. The summed E-state index contributed by atoms with van der Waals surface area (Å²) in [5, 5.41) is 10.7. The van der Waals surface area contributed by atoms with Gasteiger partial charge in [-0.3, -0.25) is 0 Å². The van der Waals surface area contributed by atoms with Gasteiger partial charge in [0.05, 0.1) is 11.0 Å². The molecule has 0 radical (unpaired) electrons. The zero-order valence-electron chi connectivity index (χ0n) is 32.8. The fraction of sp³-hybridized carbons (Fsp3) is 0. The molecule has 5 heterocycles. The van der Waals surface area contributed by atoms with Crippen molar-refractivity contribution < 1.29 is 13.3 Å². The van der Waals surface area contributed by atoms with Crippen LogP contribution >= 0.6 is 0 Å². The van der Waals surface area contributed by atoms with Gasteiger partial charge in [-0.15, -0.1) is 0 Å². The first kappa shape index (κ1) is 33.3. The largest absolute Gasteiger partial charge is 0.456 e. The van der Waals surface area contributed by atoms with E-state index in [1.54, 1.807) is 0 Å². The van der Waals surface area contributed by atoms with Crippen LogP contribution in [0.25, 0.3) is 138 Å². The summed E-state index contributed by atoms with van der Waals surface area (Å²) in [5.74, 6) is 1.60. The van der Waals surface area contributed by atoms with Crippen molar-refractivity contribution in [2.24, 2.45) is 0 Å². The molecule has 288 valence electrons. The number of nitrogens with zero attached hydrogens (tertiary/aromatic N) is 4. The van der Waals surface area contributed by atoms with Gasteiger partial charge in [0.1, 0.15) is 33.6 Å². The summed E-state index contributed by atoms with van der Waals surface area (Å²) >= 11 is 0. The molecule has 0 aliphatic rings. The van der Waals surface area contributed by atoms with E-state index < -0.39 is 0 Å². The molecule has 0 unspecified atom stereocenters. The molecule has 5 aromatic heterocycles. The van der Waals surface area contributed by atoms with Crippen LogP contribution in [0.4, 0.5) is 0 Å². The fourth-order valence-corrected chi connectivity index (χ4v) is 9.56. The molecule has 7 heteroatoms. The molecule has 62 heavy (non-hydrogen) atoms. The lowest BCUT2D eigenvalue weighted by Crippen LogP contribution is -2.04. The highest BCUT2D eigenvalue weighted by Gasteiger charge is 2.25. The number of benzene rings is 9. The Bertz CT molecular complexity index is 4060. The Morgan fingerprint density at radius 2 is 0.823 bits per heavy atom. The Morgan fingerprint density at radius 3 is 1.47 bits per heavy atom. The molecule has 7 nitrogen and oxygen atoms in total. The van der Waals surface area contributed by atoms with E-state index in [9.17, 15) is 0 Å². The third-order valence-corrected chi connectivity index (χ3v) is 12.4. The summed E-state index contributed by atoms with van der Waals surface area (Å²) in [6, 6.07) is 62.7. The maximum Gasteiger partial charge on any atom is 0.166 e. The van der Waals surface area contributed by atoms with E-state index in [-0.39, 0.29) is 0 Å². The zero-order chi connectivity index (χ0) is 40.5. The quantitative estimate of drug-likeness (QED) is 0.176. The molecular weight excluding hydrogens is 765 g/mol. The molecule has 0 saturated carbocycles. The Hall–Kier alpha value is -8.55. The number of para-hydroxylation sites is 4. The van der Waals surface area contributed by atoms with Gasteiger partial charge in [0.15, 0.2) is 23.1 Å². The molecule has 0 aliphatic carbocycles. The van der Waals surface area contributed by atoms with Gasteiger partial charge in [-0.1, -0.05) is 97.1 Å². The van der Waals surface area contributed by atoms with Gasteiger partial charge in [-0.25, -0.2) is 15.0 Å². The van der Waals surface area contributed by atoms with Gasteiger partial charge in [-0.2, -0.15) is 0 Å². The van der Waals surface area contributed by atoms with Crippen LogP contribution in [-0.4, -0.2) is 19.5 Å². The van der Waals surface area contributed by atoms with Crippen molar-refractivity contribution in [3.63, 3.8) is 0 Å². The zero-order valence-corrected chi connectivity index (χ0v) is 32.8. The first-order valence-corrected chi connectivity index (χ1v) is 20.7. The van der Waals surface area contributed by atoms with E-state index in [0.717, 1.165) is 115 Å². The molecule has 14 rings (SSSR count). The third kappa shape index (κ3) is 4.78. The van der Waals surface area contributed by atoms with Crippen LogP contribution in [0.2, 0.25) is 0 Å². The van der Waals surface area contributed by atoms with Crippen molar-refractivity contribution in [2.45, 2.75) is 0 Å². The van der Waals surface area contributed by atoms with Crippen LogP contribution < -0.4 is 0 Å². The Kier molecular flexibility index (Phi) is 6.71. The minimum atomic E-state index is 0.517. The summed E-state index contributed by atoms with van der Waals surface area (Å²) in [5.41, 5.74) is 10.3. The Balaban J connectivity index is 1.10. The molecule has 9 aromatic carbocycles. The van der Waals surface area contributed by atoms with E-state index >= 15 is 0 Å². The average molecular weight is 795 g/mol. The lowest BCUT2D eigenvalue weighted by Gasteiger charge is -2.15. The van der Waals surface area contributed by atoms with Crippen molar-refractivity contribution in [3.8, 4) is 39.9 Å². The second kappa shape index (κ2) is 12.5. The first-order chi connectivity index (χ1) is 30.7. The number of rotatable bonds is 4. The van der Waals surface area contributed by atoms with Gasteiger partial charge in [0.25, 0.3) is 0 Å². The summed E-state index contributed by atoms with van der Waals surface area (Å²) in [6.45, 7) is 0. The summed E-state index contributed by atoms with van der Waals surface area (Å²) in [6.07, 6.45) is 0. The molecule has 0 aliphatic heterocycles. The van der Waals surface area contributed by atoms with E-state index in [2.05, 4.69) is 114 Å². The lowest BCUT2D eigenvalue weighted by atomic mass is 10.0. The van der Waals surface area contributed by atoms with Crippen molar-refractivity contribution in [2.75, 3.05) is 0 Å². The number of furan rings is 3. The fourth-order valence-electron chi connectivity index (χ4n) is 9.56. The van der Waals surface area contributed by atoms with Gasteiger partial charge in [0.2, 0.25) is 0 Å². The molecule has 0 spiro atoms. The average Bonchev–Trinajstić information content (AvgIpc) is 4.09. The van der Waals surface area contributed by atoms with Gasteiger partial charge >= 0.3 is 0 Å². The molecule has 0 bridgehead atoms. The maximum absolute atomic E-state index is 6.93. The van der Waals surface area contributed by atoms with Crippen LogP contribution in [0.3, 0.4) is 0 Å². The number of hydrogen-bond donors (Lipinski definition) is 0. The third-order valence-electron chi connectivity index (χ3n) is 12.4. The van der Waals surface area contributed by atoms with Crippen molar-refractivity contribution in [3.05, 3.63) is 182 Å². The SMILES string of the molecule is c1ccc2cc3c(cc2c1)c1ccccc1n3-c1c(-c2nc(-c3ccc4oc5ccccc5c4c3)nc(-c3ccc4oc5ccccc5c4c3)n2)ccc2c1oc1ccccc12. The molecular formula is C55H30N4O3. The Labute approximate surface area is 351 Å². The van der Waals surface area contributed by atoms with Crippen molar-refractivity contribution >= 4 is 98.4 Å². The normalized spacial score (nSPS) is 12.2. The van der Waals surface area contributed by atoms with Crippen LogP contribution in [0.5, 0.6) is 0 Å². The molecule has 0 atom stereocenters. The lowest BCUT2D eigenvalue weighted by molar-refractivity contribution is 0.666. The standard InChI is InChI=1S/C55H30N4O3/c1-2-12-32-30-45-41(27-31(32)11-1)35-13-3-7-17-44(35)59(45)51-40(24-23-39-36-14-4-10-20-48(36)62-52(39)51)55-57-53(33-21-25-49-42(28-33)37-15-5-8-18-46(37)60-49)56-54(58-55)34-22-26-50-43(29-34)38-16-6-9-19-47(38)61-50/h1-30H. The summed E-state index contributed by atoms with van der Waals surface area (Å²) < 4.78 is 21.8. The van der Waals surface area contributed by atoms with E-state index in [4.69, 9.17) is 28.2 Å². The van der Waals surface area contributed by atoms with Crippen LogP contribution in [0, 0.1) is 0 Å². The van der Waals surface area contributed by atoms with E-state index in [1.165, 1.54) is 5.39 Å². The minimum absolute atomic E-state index is 0.517. The molecule has 0 amide bonds. The first-order valence-electron chi connectivity index (χ1n) is 20.7. The number of aromatic nitrogens is 4. The number of fused-ring (bicyclic) bond motifs is 13. The van der Waals surface area contributed by atoms with Crippen LogP contribution in [0.15, 0.2) is 195 Å². The predicted molar refractivity (Wildman–Crippen MR) is 250 cm³/mol. The van der Waals surface area contributed by atoms with Gasteiger partial charge in [0, 0.05) is 59.8 Å². The molecule has 0 N–H and O–H groups in total. The van der Waals surface area contributed by atoms with Gasteiger partial charge < -0.3 is 17.8 Å². The monoisotopic (exact) mass is 794 g/mol. The predicted octanol–water partition coefficient (Wildman–Crippen LogP) is 14.8. The highest BCUT2D eigenvalue weighted by atomic mass is 16.3. The minimum Gasteiger partial charge on any atom is -0.456 e. The Morgan fingerprint density at radius 1 is 0.323 bits per heavy atom. The molecule has 0 saturated heterocycles.